The first-order valence-electron chi connectivity index (χ1n) is 16.6. The van der Waals surface area contributed by atoms with Crippen molar-refractivity contribution < 1.29 is 9.52 Å². The van der Waals surface area contributed by atoms with Gasteiger partial charge in [-0.05, 0) is 65.5 Å². The monoisotopic (exact) mass is 651 g/mol. The van der Waals surface area contributed by atoms with E-state index in [4.69, 9.17) is 14.4 Å². The Bertz CT molecular complexity index is 2730. The van der Waals surface area contributed by atoms with Crippen molar-refractivity contribution in [3.63, 3.8) is 0 Å². The van der Waals surface area contributed by atoms with Crippen molar-refractivity contribution in [1.82, 2.24) is 14.5 Å². The lowest BCUT2D eigenvalue weighted by atomic mass is 9.97. The predicted molar refractivity (Wildman–Crippen MR) is 205 cm³/mol. The highest BCUT2D eigenvalue weighted by Crippen LogP contribution is 2.42. The Morgan fingerprint density at radius 1 is 0.653 bits per heavy atom. The summed E-state index contributed by atoms with van der Waals surface area (Å²) in [6.45, 7) is 7.07. The molecule has 49 heavy (non-hydrogen) atoms. The summed E-state index contributed by atoms with van der Waals surface area (Å²) >= 11 is 0. The molecule has 0 amide bonds. The van der Waals surface area contributed by atoms with Crippen LogP contribution < -0.4 is 5.19 Å². The fraction of sp³-hybridized carbons (Fsp3) is 0.0698. The van der Waals surface area contributed by atoms with Crippen LogP contribution in [-0.4, -0.2) is 27.7 Å². The molecule has 0 bridgehead atoms. The van der Waals surface area contributed by atoms with Crippen LogP contribution in [0.4, 0.5) is 0 Å². The van der Waals surface area contributed by atoms with E-state index < -0.39 is 8.07 Å². The lowest BCUT2D eigenvalue weighted by molar-refractivity contribution is 0.477. The fourth-order valence-electron chi connectivity index (χ4n) is 7.04. The quantitative estimate of drug-likeness (QED) is 0.188. The molecular formula is C43H33N3O2Si. The summed E-state index contributed by atoms with van der Waals surface area (Å²) in [7, 11) is -1.61. The van der Waals surface area contributed by atoms with Crippen molar-refractivity contribution in [1.29, 1.82) is 0 Å². The SMILES string of the molecule is C[Si](C)(C)c1ccnc(-c2cc(-c3cccc4c3nc(-c3ccccc3O)n4-c3cccc4ccccc34)cc3c2oc2ccccc23)c1. The van der Waals surface area contributed by atoms with Gasteiger partial charge < -0.3 is 9.52 Å². The Labute approximate surface area is 284 Å². The summed E-state index contributed by atoms with van der Waals surface area (Å²) in [6.07, 6.45) is 1.93. The fourth-order valence-corrected chi connectivity index (χ4v) is 8.18. The maximum absolute atomic E-state index is 11.1. The number of aromatic nitrogens is 3. The van der Waals surface area contributed by atoms with Gasteiger partial charge >= 0.3 is 0 Å². The number of fused-ring (bicyclic) bond motifs is 5. The van der Waals surface area contributed by atoms with Gasteiger partial charge in [-0.3, -0.25) is 9.55 Å². The van der Waals surface area contributed by atoms with E-state index in [1.165, 1.54) is 5.19 Å². The molecule has 5 nitrogen and oxygen atoms in total. The Kier molecular flexibility index (Phi) is 6.57. The number of rotatable bonds is 5. The molecule has 0 aliphatic carbocycles. The first-order valence-corrected chi connectivity index (χ1v) is 20.1. The number of para-hydroxylation sites is 3. The highest BCUT2D eigenvalue weighted by molar-refractivity contribution is 6.88. The largest absolute Gasteiger partial charge is 0.507 e. The van der Waals surface area contributed by atoms with Crippen molar-refractivity contribution in [3.8, 4) is 45.2 Å². The second-order valence-corrected chi connectivity index (χ2v) is 18.7. The number of hydrogen-bond acceptors (Lipinski definition) is 4. The third-order valence-electron chi connectivity index (χ3n) is 9.53. The van der Waals surface area contributed by atoms with Gasteiger partial charge in [0, 0.05) is 33.5 Å². The number of furan rings is 1. The van der Waals surface area contributed by atoms with Crippen LogP contribution >= 0.6 is 0 Å². The molecule has 0 aliphatic heterocycles. The number of nitrogens with zero attached hydrogens (tertiary/aromatic N) is 3. The summed E-state index contributed by atoms with van der Waals surface area (Å²) < 4.78 is 8.74. The van der Waals surface area contributed by atoms with Gasteiger partial charge in [0.25, 0.3) is 0 Å². The van der Waals surface area contributed by atoms with Gasteiger partial charge in [-0.1, -0.05) is 104 Å². The third kappa shape index (κ3) is 4.75. The lowest BCUT2D eigenvalue weighted by Gasteiger charge is -2.17. The number of phenols is 1. The molecule has 3 aromatic heterocycles. The van der Waals surface area contributed by atoms with Crippen molar-refractivity contribution in [2.24, 2.45) is 0 Å². The van der Waals surface area contributed by atoms with Gasteiger partial charge in [0.2, 0.25) is 0 Å². The Morgan fingerprint density at radius 2 is 1.39 bits per heavy atom. The molecule has 0 aliphatic rings. The summed E-state index contributed by atoms with van der Waals surface area (Å²) in [5.74, 6) is 0.860. The van der Waals surface area contributed by atoms with Crippen LogP contribution in [0.5, 0.6) is 5.75 Å². The van der Waals surface area contributed by atoms with Crippen LogP contribution in [0.15, 0.2) is 144 Å². The van der Waals surface area contributed by atoms with Gasteiger partial charge in [0.1, 0.15) is 22.7 Å². The minimum absolute atomic E-state index is 0.183. The molecule has 0 fully saturated rings. The smallest absolute Gasteiger partial charge is 0.149 e. The highest BCUT2D eigenvalue weighted by atomic mass is 28.3. The lowest BCUT2D eigenvalue weighted by Crippen LogP contribution is -2.37. The van der Waals surface area contributed by atoms with Crippen molar-refractivity contribution in [3.05, 3.63) is 140 Å². The molecule has 6 aromatic carbocycles. The molecule has 0 saturated heterocycles. The van der Waals surface area contributed by atoms with Gasteiger partial charge in [-0.15, -0.1) is 0 Å². The zero-order chi connectivity index (χ0) is 33.3. The average molecular weight is 652 g/mol. The van der Waals surface area contributed by atoms with Crippen LogP contribution in [-0.2, 0) is 0 Å². The third-order valence-corrected chi connectivity index (χ3v) is 11.6. The molecule has 0 unspecified atom stereocenters. The number of imidazole rings is 1. The topological polar surface area (TPSA) is 64.1 Å². The standard InChI is InChI=1S/C43H33N3O2Si/c1-49(2,3)29-22-23-44-36(26-29)35-25-28(24-34-32-15-7-9-21-40(32)48-42(34)35)31-17-11-19-38-41(31)45-43(33-16-6-8-20-39(33)47)46(38)37-18-10-13-27-12-4-5-14-30(27)37/h4-26,47H,1-3H3. The number of hydrogen-bond donors (Lipinski definition) is 1. The number of pyridine rings is 1. The average Bonchev–Trinajstić information content (AvgIpc) is 3.70. The zero-order valence-electron chi connectivity index (χ0n) is 27.5. The molecule has 1 N–H and O–H groups in total. The molecule has 236 valence electrons. The number of aromatic hydroxyl groups is 1. The van der Waals surface area contributed by atoms with Crippen molar-refractivity contribution in [2.75, 3.05) is 0 Å². The number of phenolic OH excluding ortho intramolecular Hbond substituents is 1. The van der Waals surface area contributed by atoms with E-state index in [0.717, 1.165) is 71.8 Å². The Balaban J connectivity index is 1.37. The van der Waals surface area contributed by atoms with E-state index in [9.17, 15) is 5.11 Å². The minimum atomic E-state index is -1.61. The summed E-state index contributed by atoms with van der Waals surface area (Å²) in [4.78, 5) is 10.2. The molecule has 6 heteroatoms. The van der Waals surface area contributed by atoms with Gasteiger partial charge in [-0.2, -0.15) is 0 Å². The Hall–Kier alpha value is -5.98. The molecular weight excluding hydrogens is 619 g/mol. The van der Waals surface area contributed by atoms with Crippen molar-refractivity contribution >= 4 is 57.0 Å². The zero-order valence-corrected chi connectivity index (χ0v) is 28.5. The van der Waals surface area contributed by atoms with E-state index >= 15 is 0 Å². The highest BCUT2D eigenvalue weighted by Gasteiger charge is 2.23. The van der Waals surface area contributed by atoms with Crippen LogP contribution in [0.25, 0.3) is 83.2 Å². The molecule has 9 rings (SSSR count). The van der Waals surface area contributed by atoms with Gasteiger partial charge in [-0.25, -0.2) is 4.98 Å². The van der Waals surface area contributed by atoms with Crippen LogP contribution in [0, 0.1) is 0 Å². The molecule has 0 saturated carbocycles. The van der Waals surface area contributed by atoms with Crippen LogP contribution in [0.3, 0.4) is 0 Å². The second kappa shape index (κ2) is 11.0. The van der Waals surface area contributed by atoms with Crippen LogP contribution in [0.2, 0.25) is 19.6 Å². The van der Waals surface area contributed by atoms with E-state index in [-0.39, 0.29) is 5.75 Å². The number of benzene rings is 6. The first kappa shape index (κ1) is 29.2. The first-order chi connectivity index (χ1) is 23.8. The Morgan fingerprint density at radius 3 is 2.24 bits per heavy atom. The van der Waals surface area contributed by atoms with E-state index in [2.05, 4.69) is 121 Å². The summed E-state index contributed by atoms with van der Waals surface area (Å²) in [5, 5.41) is 16.8. The summed E-state index contributed by atoms with van der Waals surface area (Å²) in [5.41, 5.74) is 8.99. The summed E-state index contributed by atoms with van der Waals surface area (Å²) in [6, 6.07) is 45.5. The maximum atomic E-state index is 11.1. The van der Waals surface area contributed by atoms with E-state index in [0.29, 0.717) is 11.4 Å². The van der Waals surface area contributed by atoms with Crippen molar-refractivity contribution in [2.45, 2.75) is 19.6 Å². The van der Waals surface area contributed by atoms with E-state index in [1.54, 1.807) is 6.07 Å². The normalized spacial score (nSPS) is 12.1. The molecule has 3 heterocycles. The molecule has 0 radical (unpaired) electrons. The van der Waals surface area contributed by atoms with Crippen LogP contribution in [0.1, 0.15) is 0 Å². The molecule has 0 spiro atoms. The van der Waals surface area contributed by atoms with E-state index in [1.807, 2.05) is 36.5 Å². The maximum Gasteiger partial charge on any atom is 0.149 e. The molecule has 0 atom stereocenters. The second-order valence-electron chi connectivity index (χ2n) is 13.6. The predicted octanol–water partition coefficient (Wildman–Crippen LogP) is 10.7. The molecule has 9 aromatic rings. The van der Waals surface area contributed by atoms with Gasteiger partial charge in [0.05, 0.1) is 36.1 Å². The minimum Gasteiger partial charge on any atom is -0.507 e. The van der Waals surface area contributed by atoms with Gasteiger partial charge in [0.15, 0.2) is 0 Å².